The molecule has 0 unspecified atom stereocenters. The highest BCUT2D eigenvalue weighted by Gasteiger charge is 2.06. The molecule has 0 radical (unpaired) electrons. The van der Waals surface area contributed by atoms with Crippen molar-refractivity contribution in [1.82, 2.24) is 20.7 Å². The van der Waals surface area contributed by atoms with Gasteiger partial charge >= 0.3 is 0 Å². The largest absolute Gasteiger partial charge is 0.352 e. The minimum Gasteiger partial charge on any atom is -0.352 e. The Kier molecular flexibility index (Phi) is 6.24. The molecule has 126 valence electrons. The van der Waals surface area contributed by atoms with E-state index in [0.29, 0.717) is 24.5 Å². The lowest BCUT2D eigenvalue weighted by Gasteiger charge is -2.08. The van der Waals surface area contributed by atoms with Gasteiger partial charge in [-0.25, -0.2) is 9.97 Å². The minimum absolute atomic E-state index is 0.141. The van der Waals surface area contributed by atoms with E-state index in [2.05, 4.69) is 26.1 Å². The zero-order chi connectivity index (χ0) is 17.4. The Bertz CT molecular complexity index is 683. The average molecular weight is 327 g/mol. The van der Waals surface area contributed by atoms with Gasteiger partial charge in [-0.3, -0.25) is 20.4 Å². The molecule has 1 aromatic heterocycles. The van der Waals surface area contributed by atoms with Gasteiger partial charge in [0.2, 0.25) is 11.9 Å². The molecule has 0 fully saturated rings. The molecule has 1 heterocycles. The van der Waals surface area contributed by atoms with Gasteiger partial charge in [-0.05, 0) is 38.5 Å². The van der Waals surface area contributed by atoms with Crippen LogP contribution in [0.25, 0.3) is 0 Å². The second-order valence-electron chi connectivity index (χ2n) is 5.37. The number of aromatic nitrogens is 2. The van der Waals surface area contributed by atoms with E-state index in [9.17, 15) is 9.59 Å². The predicted octanol–water partition coefficient (Wildman–Crippen LogP) is 1.75. The van der Waals surface area contributed by atoms with E-state index in [0.717, 1.165) is 11.4 Å². The smallest absolute Gasteiger partial charge is 0.251 e. The first-order valence-corrected chi connectivity index (χ1v) is 7.75. The van der Waals surface area contributed by atoms with Crippen molar-refractivity contribution < 1.29 is 9.59 Å². The number of hydrazine groups is 1. The van der Waals surface area contributed by atoms with Gasteiger partial charge in [0, 0.05) is 29.9 Å². The van der Waals surface area contributed by atoms with Crippen molar-refractivity contribution in [3.05, 3.63) is 53.3 Å². The van der Waals surface area contributed by atoms with Crippen molar-refractivity contribution in [3.63, 3.8) is 0 Å². The molecule has 3 N–H and O–H groups in total. The van der Waals surface area contributed by atoms with Crippen molar-refractivity contribution in [2.24, 2.45) is 0 Å². The zero-order valence-electron chi connectivity index (χ0n) is 13.8. The number of benzene rings is 1. The average Bonchev–Trinajstić information content (AvgIpc) is 2.56. The summed E-state index contributed by atoms with van der Waals surface area (Å²) in [5.41, 5.74) is 7.49. The highest BCUT2D eigenvalue weighted by Crippen LogP contribution is 2.02. The van der Waals surface area contributed by atoms with E-state index >= 15 is 0 Å². The molecular weight excluding hydrogens is 306 g/mol. The molecule has 0 spiro atoms. The van der Waals surface area contributed by atoms with Crippen LogP contribution in [0.4, 0.5) is 5.95 Å². The molecule has 0 aliphatic rings. The summed E-state index contributed by atoms with van der Waals surface area (Å²) in [7, 11) is 0. The fourth-order valence-electron chi connectivity index (χ4n) is 2.11. The molecule has 0 saturated heterocycles. The first-order chi connectivity index (χ1) is 11.5. The van der Waals surface area contributed by atoms with Crippen molar-refractivity contribution in [2.75, 3.05) is 12.0 Å². The van der Waals surface area contributed by atoms with E-state index in [4.69, 9.17) is 0 Å². The monoisotopic (exact) mass is 327 g/mol. The molecule has 2 amide bonds. The Morgan fingerprint density at radius 3 is 2.38 bits per heavy atom. The van der Waals surface area contributed by atoms with Crippen LogP contribution in [0.1, 0.15) is 34.6 Å². The summed E-state index contributed by atoms with van der Waals surface area (Å²) < 4.78 is 0. The summed E-state index contributed by atoms with van der Waals surface area (Å²) >= 11 is 0. The van der Waals surface area contributed by atoms with Gasteiger partial charge in [0.05, 0.1) is 0 Å². The third-order valence-electron chi connectivity index (χ3n) is 3.20. The summed E-state index contributed by atoms with van der Waals surface area (Å²) in [6, 6.07) is 10.8. The third-order valence-corrected chi connectivity index (χ3v) is 3.20. The number of hydrogen-bond acceptors (Lipinski definition) is 5. The topological polar surface area (TPSA) is 96.0 Å². The molecule has 0 atom stereocenters. The molecule has 0 saturated carbocycles. The van der Waals surface area contributed by atoms with Crippen molar-refractivity contribution in [1.29, 1.82) is 0 Å². The van der Waals surface area contributed by atoms with Gasteiger partial charge in [0.1, 0.15) is 0 Å². The van der Waals surface area contributed by atoms with Crippen LogP contribution in [0.15, 0.2) is 36.4 Å². The fraction of sp³-hybridized carbons (Fsp3) is 0.294. The van der Waals surface area contributed by atoms with Crippen LogP contribution in [0, 0.1) is 13.8 Å². The third kappa shape index (κ3) is 5.68. The number of amides is 2. The Hall–Kier alpha value is -2.96. The van der Waals surface area contributed by atoms with Crippen LogP contribution < -0.4 is 16.2 Å². The summed E-state index contributed by atoms with van der Waals surface area (Å²) in [5, 5.41) is 2.78. The van der Waals surface area contributed by atoms with E-state index in [1.807, 2.05) is 38.1 Å². The number of carbonyl (C=O) groups is 2. The molecule has 7 heteroatoms. The second-order valence-corrected chi connectivity index (χ2v) is 5.37. The quantitative estimate of drug-likeness (QED) is 0.532. The Labute approximate surface area is 140 Å². The second kappa shape index (κ2) is 8.61. The number of rotatable bonds is 7. The first kappa shape index (κ1) is 17.4. The standard InChI is InChI=1S/C17H21N5O2/c1-12-11-13(2)20-17(19-12)22-21-15(23)9-6-10-18-16(24)14-7-4-3-5-8-14/h3-5,7-8,11H,6,9-10H2,1-2H3,(H,18,24)(H,21,23)(H,19,20,22). The number of hydrogen-bond donors (Lipinski definition) is 3. The van der Waals surface area contributed by atoms with Gasteiger partial charge < -0.3 is 5.32 Å². The van der Waals surface area contributed by atoms with Crippen LogP contribution in [-0.2, 0) is 4.79 Å². The normalized spacial score (nSPS) is 10.1. The summed E-state index contributed by atoms with van der Waals surface area (Å²) in [6.45, 7) is 4.15. The molecule has 0 bridgehead atoms. The summed E-state index contributed by atoms with van der Waals surface area (Å²) in [6.07, 6.45) is 0.826. The highest BCUT2D eigenvalue weighted by atomic mass is 16.2. The van der Waals surface area contributed by atoms with Gasteiger partial charge in [0.15, 0.2) is 0 Å². The molecule has 0 aliphatic carbocycles. The SMILES string of the molecule is Cc1cc(C)nc(NNC(=O)CCCNC(=O)c2ccccc2)n1. The van der Waals surface area contributed by atoms with E-state index in [-0.39, 0.29) is 18.2 Å². The Morgan fingerprint density at radius 1 is 1.04 bits per heavy atom. The van der Waals surface area contributed by atoms with Crippen LogP contribution in [-0.4, -0.2) is 28.3 Å². The van der Waals surface area contributed by atoms with Crippen molar-refractivity contribution >= 4 is 17.8 Å². The molecular formula is C17H21N5O2. The van der Waals surface area contributed by atoms with E-state index in [1.165, 1.54) is 0 Å². The van der Waals surface area contributed by atoms with Gasteiger partial charge in [-0.15, -0.1) is 0 Å². The summed E-state index contributed by atoms with van der Waals surface area (Å²) in [4.78, 5) is 31.9. The predicted molar refractivity (Wildman–Crippen MR) is 91.3 cm³/mol. The molecule has 2 rings (SSSR count). The molecule has 1 aromatic carbocycles. The molecule has 24 heavy (non-hydrogen) atoms. The van der Waals surface area contributed by atoms with Crippen LogP contribution in [0.5, 0.6) is 0 Å². The number of anilines is 1. The minimum atomic E-state index is -0.188. The molecule has 7 nitrogen and oxygen atoms in total. The number of aryl methyl sites for hydroxylation is 2. The number of nitrogens with one attached hydrogen (secondary N) is 3. The van der Waals surface area contributed by atoms with E-state index in [1.54, 1.807) is 12.1 Å². The van der Waals surface area contributed by atoms with Crippen LogP contribution in [0.2, 0.25) is 0 Å². The first-order valence-electron chi connectivity index (χ1n) is 7.75. The number of nitrogens with zero attached hydrogens (tertiary/aromatic N) is 2. The number of carbonyl (C=O) groups excluding carboxylic acids is 2. The lowest BCUT2D eigenvalue weighted by molar-refractivity contribution is -0.120. The van der Waals surface area contributed by atoms with Crippen LogP contribution in [0.3, 0.4) is 0 Å². The van der Waals surface area contributed by atoms with Crippen molar-refractivity contribution in [2.45, 2.75) is 26.7 Å². The zero-order valence-corrected chi connectivity index (χ0v) is 13.8. The molecule has 2 aromatic rings. The lowest BCUT2D eigenvalue weighted by atomic mass is 10.2. The summed E-state index contributed by atoms with van der Waals surface area (Å²) in [5.74, 6) is 0.0303. The maximum atomic E-state index is 11.8. The highest BCUT2D eigenvalue weighted by molar-refractivity contribution is 5.94. The Morgan fingerprint density at radius 2 is 1.71 bits per heavy atom. The van der Waals surface area contributed by atoms with Crippen LogP contribution >= 0.6 is 0 Å². The maximum Gasteiger partial charge on any atom is 0.251 e. The van der Waals surface area contributed by atoms with Gasteiger partial charge in [-0.2, -0.15) is 0 Å². The van der Waals surface area contributed by atoms with E-state index < -0.39 is 0 Å². The van der Waals surface area contributed by atoms with Gasteiger partial charge in [-0.1, -0.05) is 18.2 Å². The van der Waals surface area contributed by atoms with Gasteiger partial charge in [0.25, 0.3) is 5.91 Å². The van der Waals surface area contributed by atoms with Crippen molar-refractivity contribution in [3.8, 4) is 0 Å². The lowest BCUT2D eigenvalue weighted by Crippen LogP contribution is -2.31. The maximum absolute atomic E-state index is 11.8. The molecule has 0 aliphatic heterocycles. The fourth-order valence-corrected chi connectivity index (χ4v) is 2.11. The Balaban J connectivity index is 1.65.